The zero-order chi connectivity index (χ0) is 7.82. The summed E-state index contributed by atoms with van der Waals surface area (Å²) in [6, 6.07) is 0. The third-order valence-corrected chi connectivity index (χ3v) is 2.25. The molecule has 1 N–H and O–H groups in total. The molecular weight excluding hydrogens is 260 g/mol. The molecule has 0 aromatic heterocycles. The van der Waals surface area contributed by atoms with Gasteiger partial charge >= 0.3 is 0 Å². The Morgan fingerprint density at radius 1 is 1.00 bits per heavy atom. The maximum absolute atomic E-state index is 8.46. The van der Waals surface area contributed by atoms with Crippen LogP contribution in [-0.2, 0) is 0 Å². The summed E-state index contributed by atoms with van der Waals surface area (Å²) in [6.07, 6.45) is 5.75. The highest BCUT2D eigenvalue weighted by molar-refractivity contribution is 9.24. The largest absolute Gasteiger partial charge is 0.396 e. The topological polar surface area (TPSA) is 20.2 Å². The van der Waals surface area contributed by atoms with Crippen LogP contribution in [-0.4, -0.2) is 15.4 Å². The Bertz CT molecular complexity index is 66.6. The minimum absolute atomic E-state index is 0.339. The number of rotatable bonds is 6. The zero-order valence-electron chi connectivity index (χ0n) is 6.02. The van der Waals surface area contributed by atoms with Crippen LogP contribution in [0.4, 0.5) is 0 Å². The lowest BCUT2D eigenvalue weighted by Crippen LogP contribution is -1.87. The average Bonchev–Trinajstić information content (AvgIpc) is 1.87. The lowest BCUT2D eigenvalue weighted by molar-refractivity contribution is 0.282. The molecule has 0 saturated carbocycles. The molecule has 0 rings (SSSR count). The summed E-state index contributed by atoms with van der Waals surface area (Å²) in [4.78, 5) is 0. The van der Waals surface area contributed by atoms with Gasteiger partial charge in [0.1, 0.15) is 0 Å². The SMILES string of the molecule is OCCCCCCC(Br)Br. The fourth-order valence-electron chi connectivity index (χ4n) is 0.764. The molecule has 0 aromatic rings. The van der Waals surface area contributed by atoms with Gasteiger partial charge in [-0.05, 0) is 12.8 Å². The van der Waals surface area contributed by atoms with Crippen molar-refractivity contribution in [2.45, 2.75) is 35.8 Å². The van der Waals surface area contributed by atoms with Crippen molar-refractivity contribution < 1.29 is 5.11 Å². The van der Waals surface area contributed by atoms with Crippen molar-refractivity contribution in [3.05, 3.63) is 0 Å². The molecule has 1 nitrogen and oxygen atoms in total. The van der Waals surface area contributed by atoms with E-state index >= 15 is 0 Å². The summed E-state index contributed by atoms with van der Waals surface area (Å²) in [5.74, 6) is 0. The van der Waals surface area contributed by atoms with Crippen LogP contribution in [0.1, 0.15) is 32.1 Å². The van der Waals surface area contributed by atoms with Gasteiger partial charge in [-0.3, -0.25) is 0 Å². The van der Waals surface area contributed by atoms with Gasteiger partial charge in [-0.15, -0.1) is 0 Å². The van der Waals surface area contributed by atoms with Gasteiger partial charge in [0.25, 0.3) is 0 Å². The maximum Gasteiger partial charge on any atom is 0.0697 e. The molecule has 0 atom stereocenters. The molecule has 0 spiro atoms. The smallest absolute Gasteiger partial charge is 0.0697 e. The van der Waals surface area contributed by atoms with Crippen molar-refractivity contribution in [2.75, 3.05) is 6.61 Å². The fraction of sp³-hybridized carbons (Fsp3) is 1.00. The van der Waals surface area contributed by atoms with E-state index in [0.717, 1.165) is 12.8 Å². The van der Waals surface area contributed by atoms with Gasteiger partial charge in [0.2, 0.25) is 0 Å². The third kappa shape index (κ3) is 8.92. The molecule has 3 heteroatoms. The van der Waals surface area contributed by atoms with E-state index in [1.807, 2.05) is 0 Å². The standard InChI is InChI=1S/C7H14Br2O/c8-7(9)5-3-1-2-4-6-10/h7,10H,1-6H2. The molecular formula is C7H14Br2O. The Morgan fingerprint density at radius 2 is 1.60 bits per heavy atom. The molecule has 0 aromatic carbocycles. The second kappa shape index (κ2) is 8.02. The van der Waals surface area contributed by atoms with E-state index in [9.17, 15) is 0 Å². The average molecular weight is 274 g/mol. The lowest BCUT2D eigenvalue weighted by Gasteiger charge is -1.99. The summed E-state index contributed by atoms with van der Waals surface area (Å²) in [6.45, 7) is 0.339. The molecule has 0 amide bonds. The zero-order valence-corrected chi connectivity index (χ0v) is 9.20. The quantitative estimate of drug-likeness (QED) is 0.583. The minimum atomic E-state index is 0.339. The van der Waals surface area contributed by atoms with Crippen LogP contribution < -0.4 is 0 Å². The van der Waals surface area contributed by atoms with Crippen molar-refractivity contribution in [1.29, 1.82) is 0 Å². The predicted octanol–water partition coefficient (Wildman–Crippen LogP) is 3.05. The summed E-state index contributed by atoms with van der Waals surface area (Å²) in [7, 11) is 0. The fourth-order valence-corrected chi connectivity index (χ4v) is 1.41. The van der Waals surface area contributed by atoms with Crippen LogP contribution in [0.15, 0.2) is 0 Å². The Balaban J connectivity index is 2.77. The van der Waals surface area contributed by atoms with E-state index in [2.05, 4.69) is 31.9 Å². The van der Waals surface area contributed by atoms with Crippen LogP contribution in [0.2, 0.25) is 0 Å². The van der Waals surface area contributed by atoms with Crippen LogP contribution in [0.3, 0.4) is 0 Å². The van der Waals surface area contributed by atoms with Gasteiger partial charge in [0, 0.05) is 6.61 Å². The van der Waals surface area contributed by atoms with E-state index in [0.29, 0.717) is 10.3 Å². The number of aliphatic hydroxyl groups excluding tert-OH is 1. The number of aliphatic hydroxyl groups is 1. The lowest BCUT2D eigenvalue weighted by atomic mass is 10.2. The van der Waals surface area contributed by atoms with Crippen LogP contribution in [0, 0.1) is 0 Å². The van der Waals surface area contributed by atoms with E-state index in [-0.39, 0.29) is 0 Å². The van der Waals surface area contributed by atoms with Crippen LogP contribution in [0.25, 0.3) is 0 Å². The number of hydrogen-bond acceptors (Lipinski definition) is 1. The molecule has 0 aliphatic rings. The van der Waals surface area contributed by atoms with E-state index in [4.69, 9.17) is 5.11 Å². The van der Waals surface area contributed by atoms with Crippen molar-refractivity contribution in [1.82, 2.24) is 0 Å². The van der Waals surface area contributed by atoms with Crippen LogP contribution in [0.5, 0.6) is 0 Å². The van der Waals surface area contributed by atoms with Crippen LogP contribution >= 0.6 is 31.9 Å². The third-order valence-electron chi connectivity index (χ3n) is 1.33. The molecule has 0 aliphatic carbocycles. The van der Waals surface area contributed by atoms with Crippen molar-refractivity contribution in [3.63, 3.8) is 0 Å². The van der Waals surface area contributed by atoms with Gasteiger partial charge in [0.15, 0.2) is 0 Å². The number of halogens is 2. The second-order valence-electron chi connectivity index (χ2n) is 2.32. The van der Waals surface area contributed by atoms with Gasteiger partial charge in [-0.2, -0.15) is 0 Å². The second-order valence-corrected chi connectivity index (χ2v) is 5.76. The molecule has 62 valence electrons. The molecule has 10 heavy (non-hydrogen) atoms. The minimum Gasteiger partial charge on any atom is -0.396 e. The summed E-state index contributed by atoms with van der Waals surface area (Å²) in [5, 5.41) is 8.46. The Hall–Kier alpha value is 0.920. The number of hydrogen-bond donors (Lipinski definition) is 1. The first-order valence-corrected chi connectivity index (χ1v) is 5.49. The van der Waals surface area contributed by atoms with Crippen molar-refractivity contribution in [2.24, 2.45) is 0 Å². The molecule has 0 unspecified atom stereocenters. The first-order chi connectivity index (χ1) is 4.77. The van der Waals surface area contributed by atoms with Gasteiger partial charge in [0.05, 0.1) is 3.74 Å². The van der Waals surface area contributed by atoms with Crippen molar-refractivity contribution >= 4 is 31.9 Å². The molecule has 0 saturated heterocycles. The Kier molecular flexibility index (Phi) is 8.76. The normalized spacial score (nSPS) is 10.8. The summed E-state index contributed by atoms with van der Waals surface area (Å²) < 4.78 is 0.467. The van der Waals surface area contributed by atoms with Crippen molar-refractivity contribution in [3.8, 4) is 0 Å². The summed E-state index contributed by atoms with van der Waals surface area (Å²) in [5.41, 5.74) is 0. The summed E-state index contributed by atoms with van der Waals surface area (Å²) >= 11 is 6.82. The molecule has 0 aliphatic heterocycles. The number of unbranched alkanes of at least 4 members (excludes halogenated alkanes) is 3. The molecule has 0 radical (unpaired) electrons. The molecule has 0 heterocycles. The first kappa shape index (κ1) is 10.9. The molecule has 0 bridgehead atoms. The number of alkyl halides is 2. The molecule has 0 fully saturated rings. The van der Waals surface area contributed by atoms with Gasteiger partial charge in [-0.25, -0.2) is 0 Å². The van der Waals surface area contributed by atoms with E-state index in [1.165, 1.54) is 19.3 Å². The van der Waals surface area contributed by atoms with E-state index < -0.39 is 0 Å². The van der Waals surface area contributed by atoms with Gasteiger partial charge < -0.3 is 5.11 Å². The first-order valence-electron chi connectivity index (χ1n) is 3.66. The van der Waals surface area contributed by atoms with Gasteiger partial charge in [-0.1, -0.05) is 51.1 Å². The highest BCUT2D eigenvalue weighted by Crippen LogP contribution is 2.16. The highest BCUT2D eigenvalue weighted by atomic mass is 79.9. The predicted molar refractivity (Wildman–Crippen MR) is 51.8 cm³/mol. The maximum atomic E-state index is 8.46. The monoisotopic (exact) mass is 272 g/mol. The highest BCUT2D eigenvalue weighted by Gasteiger charge is 1.95. The Labute approximate surface area is 79.5 Å². The Morgan fingerprint density at radius 3 is 2.10 bits per heavy atom. The van der Waals surface area contributed by atoms with E-state index in [1.54, 1.807) is 0 Å².